The quantitative estimate of drug-likeness (QED) is 0.171. The first-order chi connectivity index (χ1) is 24.7. The number of likely N-dealkylation sites (tertiary alicyclic amines) is 1. The summed E-state index contributed by atoms with van der Waals surface area (Å²) in [5, 5.41) is 13.6. The highest BCUT2D eigenvalue weighted by Crippen LogP contribution is 2.59. The number of carbonyl (C=O) groups excluding carboxylic acids is 4. The lowest BCUT2D eigenvalue weighted by Gasteiger charge is -2.39. The number of aliphatic hydroxyl groups is 1. The van der Waals surface area contributed by atoms with Gasteiger partial charge >= 0.3 is 5.97 Å². The third-order valence-corrected chi connectivity index (χ3v) is 10.7. The van der Waals surface area contributed by atoms with Crippen LogP contribution in [0.3, 0.4) is 0 Å². The van der Waals surface area contributed by atoms with Gasteiger partial charge in [0.2, 0.25) is 11.8 Å². The molecular weight excluding hydrogens is 648 g/mol. The molecule has 0 unspecified atom stereocenters. The standard InChI is InChI=1S/C40H52N4O7/c1-6-11-17-33(46)50-26-31(27-15-13-12-14-16-27)41-37(47)34-32-22-23-40(51-32)35(34)38(48)44(28(8-3)25-45)36(40)39(49)43(24-7-2)30-20-18-29(19-21-30)42(9-4)10-5/h6-7,12-16,18-21,28,31-32,34-36,45H,1-2,8-11,17,22-26H2,3-5H3,(H,41,47)/t28-,31-,32+,34-,35-,36+,40-/m0/s1. The van der Waals surface area contributed by atoms with E-state index in [0.717, 1.165) is 24.3 Å². The molecule has 0 aromatic heterocycles. The van der Waals surface area contributed by atoms with Crippen molar-refractivity contribution in [2.45, 2.75) is 82.7 Å². The van der Waals surface area contributed by atoms with E-state index >= 15 is 0 Å². The van der Waals surface area contributed by atoms with Gasteiger partial charge in [-0.15, -0.1) is 13.2 Å². The van der Waals surface area contributed by atoms with Crippen LogP contribution in [0.2, 0.25) is 0 Å². The smallest absolute Gasteiger partial charge is 0.306 e. The van der Waals surface area contributed by atoms with E-state index in [4.69, 9.17) is 9.47 Å². The van der Waals surface area contributed by atoms with Crippen LogP contribution in [0.25, 0.3) is 0 Å². The van der Waals surface area contributed by atoms with Crippen LogP contribution in [0, 0.1) is 11.8 Å². The number of benzene rings is 2. The second kappa shape index (κ2) is 16.7. The van der Waals surface area contributed by atoms with Gasteiger partial charge in [-0.3, -0.25) is 19.2 Å². The lowest BCUT2D eigenvalue weighted by atomic mass is 9.70. The number of rotatable bonds is 18. The lowest BCUT2D eigenvalue weighted by Crippen LogP contribution is -2.59. The van der Waals surface area contributed by atoms with Gasteiger partial charge in [-0.05, 0) is 69.4 Å². The molecule has 0 saturated carbocycles. The average molecular weight is 701 g/mol. The van der Waals surface area contributed by atoms with Crippen molar-refractivity contribution in [1.29, 1.82) is 0 Å². The fourth-order valence-corrected chi connectivity index (χ4v) is 8.15. The topological polar surface area (TPSA) is 129 Å². The van der Waals surface area contributed by atoms with Crippen molar-refractivity contribution in [3.8, 4) is 0 Å². The molecule has 3 fully saturated rings. The second-order valence-corrected chi connectivity index (χ2v) is 13.5. The maximum absolute atomic E-state index is 14.9. The third-order valence-electron chi connectivity index (χ3n) is 10.7. The Hall–Kier alpha value is -4.48. The number of carbonyl (C=O) groups is 4. The van der Waals surface area contributed by atoms with Gasteiger partial charge in [0, 0.05) is 37.4 Å². The number of ether oxygens (including phenoxy) is 2. The Morgan fingerprint density at radius 1 is 1.06 bits per heavy atom. The van der Waals surface area contributed by atoms with E-state index in [1.807, 2.05) is 61.5 Å². The molecule has 3 aliphatic rings. The molecule has 3 aliphatic heterocycles. The summed E-state index contributed by atoms with van der Waals surface area (Å²) < 4.78 is 12.2. The highest BCUT2D eigenvalue weighted by molar-refractivity contribution is 6.05. The largest absolute Gasteiger partial charge is 0.463 e. The zero-order valence-electron chi connectivity index (χ0n) is 30.0. The number of esters is 1. The normalized spacial score (nSPS) is 24.4. The Kier molecular flexibility index (Phi) is 12.4. The summed E-state index contributed by atoms with van der Waals surface area (Å²) in [4.78, 5) is 61.6. The average Bonchev–Trinajstić information content (AvgIpc) is 3.80. The minimum Gasteiger partial charge on any atom is -0.463 e. The Morgan fingerprint density at radius 3 is 2.35 bits per heavy atom. The van der Waals surface area contributed by atoms with Crippen molar-refractivity contribution >= 4 is 35.1 Å². The molecule has 0 aliphatic carbocycles. The summed E-state index contributed by atoms with van der Waals surface area (Å²) in [5.74, 6) is -3.35. The number of allylic oxidation sites excluding steroid dienone is 1. The lowest BCUT2D eigenvalue weighted by molar-refractivity contribution is -0.146. The van der Waals surface area contributed by atoms with Crippen LogP contribution in [-0.2, 0) is 28.7 Å². The van der Waals surface area contributed by atoms with E-state index in [9.17, 15) is 24.3 Å². The highest BCUT2D eigenvalue weighted by atomic mass is 16.5. The monoisotopic (exact) mass is 700 g/mol. The number of nitrogens with one attached hydrogen (secondary N) is 1. The summed E-state index contributed by atoms with van der Waals surface area (Å²) in [6.45, 7) is 15.0. The predicted octanol–water partition coefficient (Wildman–Crippen LogP) is 4.56. The molecule has 3 saturated heterocycles. The molecule has 11 nitrogen and oxygen atoms in total. The van der Waals surface area contributed by atoms with Gasteiger partial charge in [0.15, 0.2) is 0 Å². The first-order valence-electron chi connectivity index (χ1n) is 18.2. The van der Waals surface area contributed by atoms with Gasteiger partial charge in [0.1, 0.15) is 18.2 Å². The van der Waals surface area contributed by atoms with Crippen molar-refractivity contribution < 1.29 is 33.8 Å². The maximum Gasteiger partial charge on any atom is 0.306 e. The molecule has 5 rings (SSSR count). The second-order valence-electron chi connectivity index (χ2n) is 13.5. The van der Waals surface area contributed by atoms with Crippen LogP contribution in [0.5, 0.6) is 0 Å². The summed E-state index contributed by atoms with van der Waals surface area (Å²) in [7, 11) is 0. The zero-order valence-corrected chi connectivity index (χ0v) is 30.0. The van der Waals surface area contributed by atoms with E-state index in [0.29, 0.717) is 31.4 Å². The van der Waals surface area contributed by atoms with Crippen molar-refractivity contribution in [2.24, 2.45) is 11.8 Å². The summed E-state index contributed by atoms with van der Waals surface area (Å²) in [6.07, 6.45) is 4.66. The number of hydrogen-bond acceptors (Lipinski definition) is 8. The third kappa shape index (κ3) is 7.32. The Bertz CT molecular complexity index is 1560. The molecule has 51 heavy (non-hydrogen) atoms. The number of hydrogen-bond donors (Lipinski definition) is 2. The summed E-state index contributed by atoms with van der Waals surface area (Å²) >= 11 is 0. The van der Waals surface area contributed by atoms with Crippen molar-refractivity contribution in [1.82, 2.24) is 10.2 Å². The van der Waals surface area contributed by atoms with Crippen LogP contribution >= 0.6 is 0 Å². The zero-order chi connectivity index (χ0) is 36.7. The Balaban J connectivity index is 1.47. The maximum atomic E-state index is 14.9. The van der Waals surface area contributed by atoms with Gasteiger partial charge < -0.3 is 34.6 Å². The molecule has 11 heteroatoms. The SMILES string of the molecule is C=CCCC(=O)OC[C@H](NC(=O)[C@@H]1[C@H]2C(=O)N([C@@H](CC)CO)[C@H](C(=O)N(CC=C)c3ccc(N(CC)CC)cc3)[C@]23CC[C@H]1O3)c1ccccc1. The summed E-state index contributed by atoms with van der Waals surface area (Å²) in [5.41, 5.74) is 1.16. The fraction of sp³-hybridized carbons (Fsp3) is 0.500. The van der Waals surface area contributed by atoms with E-state index in [1.54, 1.807) is 17.1 Å². The van der Waals surface area contributed by atoms with Gasteiger partial charge in [-0.25, -0.2) is 0 Å². The molecular formula is C40H52N4O7. The van der Waals surface area contributed by atoms with Gasteiger partial charge in [-0.2, -0.15) is 0 Å². The molecule has 2 bridgehead atoms. The fourth-order valence-electron chi connectivity index (χ4n) is 8.15. The minimum absolute atomic E-state index is 0.0903. The number of anilines is 2. The van der Waals surface area contributed by atoms with Gasteiger partial charge in [0.05, 0.1) is 36.6 Å². The van der Waals surface area contributed by atoms with Crippen LogP contribution in [0.1, 0.15) is 64.5 Å². The highest BCUT2D eigenvalue weighted by Gasteiger charge is 2.75. The molecule has 2 N–H and O–H groups in total. The number of aliphatic hydroxyl groups excluding tert-OH is 1. The molecule has 3 heterocycles. The molecule has 2 aromatic carbocycles. The first kappa shape index (κ1) is 37.8. The van der Waals surface area contributed by atoms with E-state index in [2.05, 4.69) is 37.2 Å². The van der Waals surface area contributed by atoms with Crippen molar-refractivity contribution in [3.63, 3.8) is 0 Å². The van der Waals surface area contributed by atoms with E-state index < -0.39 is 53.5 Å². The van der Waals surface area contributed by atoms with Crippen LogP contribution in [0.4, 0.5) is 11.4 Å². The number of amides is 3. The summed E-state index contributed by atoms with van der Waals surface area (Å²) in [6, 6.07) is 14.6. The Labute approximate surface area is 301 Å². The predicted molar refractivity (Wildman–Crippen MR) is 196 cm³/mol. The van der Waals surface area contributed by atoms with Crippen LogP contribution in [0.15, 0.2) is 79.9 Å². The van der Waals surface area contributed by atoms with E-state index in [-0.39, 0.29) is 38.0 Å². The molecule has 2 aromatic rings. The Morgan fingerprint density at radius 2 is 1.75 bits per heavy atom. The molecule has 7 atom stereocenters. The van der Waals surface area contributed by atoms with Crippen LogP contribution < -0.4 is 15.1 Å². The van der Waals surface area contributed by atoms with Gasteiger partial charge in [-0.1, -0.05) is 49.4 Å². The van der Waals surface area contributed by atoms with E-state index in [1.165, 1.54) is 4.90 Å². The molecule has 0 radical (unpaired) electrons. The first-order valence-corrected chi connectivity index (χ1v) is 18.2. The molecule has 1 spiro atoms. The minimum atomic E-state index is -1.26. The van der Waals surface area contributed by atoms with Crippen molar-refractivity contribution in [2.75, 3.05) is 42.6 Å². The molecule has 3 amide bonds. The van der Waals surface area contributed by atoms with Crippen molar-refractivity contribution in [3.05, 3.63) is 85.5 Å². The number of fused-ring (bicyclic) bond motifs is 1. The van der Waals surface area contributed by atoms with Gasteiger partial charge in [0.25, 0.3) is 5.91 Å². The van der Waals surface area contributed by atoms with Crippen LogP contribution in [-0.4, -0.2) is 90.3 Å². The number of nitrogens with zero attached hydrogens (tertiary/aromatic N) is 3. The molecule has 274 valence electrons.